The number of nitrogens with zero attached hydrogens (tertiary/aromatic N) is 2. The predicted octanol–water partition coefficient (Wildman–Crippen LogP) is 3.84. The van der Waals surface area contributed by atoms with E-state index in [4.69, 9.17) is 9.47 Å². The van der Waals surface area contributed by atoms with Crippen LogP contribution in [0.2, 0.25) is 0 Å². The Balaban J connectivity index is 1.77. The number of thioether (sulfide) groups is 1. The zero-order valence-corrected chi connectivity index (χ0v) is 18.4. The van der Waals surface area contributed by atoms with Crippen LogP contribution in [0.1, 0.15) is 29.8 Å². The van der Waals surface area contributed by atoms with Crippen LogP contribution in [0.4, 0.5) is 10.5 Å². The van der Waals surface area contributed by atoms with Gasteiger partial charge in [0, 0.05) is 24.6 Å². The average molecular weight is 470 g/mol. The zero-order chi connectivity index (χ0) is 24.1. The molecule has 0 spiro atoms. The number of amides is 2. The van der Waals surface area contributed by atoms with Crippen LogP contribution in [-0.4, -0.2) is 45.9 Å². The molecule has 0 N–H and O–H groups in total. The van der Waals surface area contributed by atoms with Crippen molar-refractivity contribution in [1.29, 1.82) is 0 Å². The summed E-state index contributed by atoms with van der Waals surface area (Å²) < 4.78 is 10.6. The average Bonchev–Trinajstić information content (AvgIpc) is 3.02. The molecule has 0 aromatic heterocycles. The molecule has 2 aromatic rings. The lowest BCUT2D eigenvalue weighted by atomic mass is 10.1. The Bertz CT molecular complexity index is 1170. The molecule has 0 unspecified atom stereocenters. The van der Waals surface area contributed by atoms with E-state index in [1.807, 2.05) is 0 Å². The summed E-state index contributed by atoms with van der Waals surface area (Å²) in [5.74, 6) is -1.15. The van der Waals surface area contributed by atoms with Crippen molar-refractivity contribution < 1.29 is 33.6 Å². The summed E-state index contributed by atoms with van der Waals surface area (Å²) in [4.78, 5) is 59.9. The molecule has 2 amide bonds. The second-order valence-corrected chi connectivity index (χ2v) is 7.72. The van der Waals surface area contributed by atoms with E-state index in [1.165, 1.54) is 43.3 Å². The molecule has 10 nitrogen and oxygen atoms in total. The maximum absolute atomic E-state index is 12.7. The number of nitro benzene ring substituents is 1. The van der Waals surface area contributed by atoms with Crippen molar-refractivity contribution in [3.05, 3.63) is 68.6 Å². The van der Waals surface area contributed by atoms with Gasteiger partial charge in [0.1, 0.15) is 0 Å². The lowest BCUT2D eigenvalue weighted by molar-refractivity contribution is -0.384. The molecule has 33 heavy (non-hydrogen) atoms. The fraction of sp³-hybridized carbons (Fsp3) is 0.182. The van der Waals surface area contributed by atoms with Gasteiger partial charge in [0.05, 0.1) is 23.0 Å². The van der Waals surface area contributed by atoms with Crippen molar-refractivity contribution in [3.63, 3.8) is 0 Å². The van der Waals surface area contributed by atoms with Gasteiger partial charge in [0.25, 0.3) is 16.8 Å². The molecule has 1 aliphatic rings. The first-order valence-corrected chi connectivity index (χ1v) is 10.5. The molecule has 1 fully saturated rings. The molecule has 11 heteroatoms. The number of carbonyl (C=O) groups is 4. The maximum Gasteiger partial charge on any atom is 0.308 e. The molecule has 1 aliphatic heterocycles. The number of nitro groups is 1. The summed E-state index contributed by atoms with van der Waals surface area (Å²) in [6.45, 7) is 2.85. The van der Waals surface area contributed by atoms with Crippen LogP contribution in [0.5, 0.6) is 11.5 Å². The first-order chi connectivity index (χ1) is 15.7. The summed E-state index contributed by atoms with van der Waals surface area (Å²) in [7, 11) is 0. The third-order valence-electron chi connectivity index (χ3n) is 4.39. The van der Waals surface area contributed by atoms with E-state index in [9.17, 15) is 29.3 Å². The SMILES string of the molecule is CCOc1cc(/C=C2/SC(=O)N(CC(=O)c3ccc([N+](=O)[O-])cc3)C2=O)ccc1OC(C)=O. The van der Waals surface area contributed by atoms with Gasteiger partial charge in [0.2, 0.25) is 0 Å². The third kappa shape index (κ3) is 5.63. The molecule has 1 heterocycles. The highest BCUT2D eigenvalue weighted by Crippen LogP contribution is 2.35. The molecule has 2 aromatic carbocycles. The van der Waals surface area contributed by atoms with Crippen LogP contribution in [-0.2, 0) is 9.59 Å². The van der Waals surface area contributed by atoms with Crippen molar-refractivity contribution in [3.8, 4) is 11.5 Å². The van der Waals surface area contributed by atoms with E-state index in [2.05, 4.69) is 0 Å². The molecule has 0 atom stereocenters. The van der Waals surface area contributed by atoms with Gasteiger partial charge >= 0.3 is 5.97 Å². The first kappa shape index (κ1) is 23.7. The van der Waals surface area contributed by atoms with Gasteiger partial charge in [-0.25, -0.2) is 0 Å². The minimum Gasteiger partial charge on any atom is -0.490 e. The number of non-ortho nitro benzene ring substituents is 1. The molecule has 1 saturated heterocycles. The van der Waals surface area contributed by atoms with Crippen molar-refractivity contribution >= 4 is 46.4 Å². The van der Waals surface area contributed by atoms with Crippen molar-refractivity contribution in [1.82, 2.24) is 4.90 Å². The van der Waals surface area contributed by atoms with E-state index < -0.39 is 34.4 Å². The number of ether oxygens (including phenoxy) is 2. The van der Waals surface area contributed by atoms with Crippen molar-refractivity contribution in [2.45, 2.75) is 13.8 Å². The van der Waals surface area contributed by atoms with Crippen LogP contribution in [0.3, 0.4) is 0 Å². The topological polar surface area (TPSA) is 133 Å². The predicted molar refractivity (Wildman–Crippen MR) is 119 cm³/mol. The number of esters is 1. The number of carbonyl (C=O) groups excluding carboxylic acids is 4. The van der Waals surface area contributed by atoms with Crippen molar-refractivity contribution in [2.75, 3.05) is 13.2 Å². The number of hydrogen-bond donors (Lipinski definition) is 0. The van der Waals surface area contributed by atoms with Crippen LogP contribution in [0, 0.1) is 10.1 Å². The van der Waals surface area contributed by atoms with E-state index in [-0.39, 0.29) is 21.9 Å². The number of imide groups is 1. The van der Waals surface area contributed by atoms with E-state index in [0.717, 1.165) is 4.90 Å². The molecular formula is C22H18N2O8S. The number of Topliss-reactive ketones (excluding diaryl/α,β-unsaturated/α-hetero) is 1. The lowest BCUT2D eigenvalue weighted by Gasteiger charge is -2.11. The number of rotatable bonds is 8. The van der Waals surface area contributed by atoms with Crippen LogP contribution in [0.15, 0.2) is 47.4 Å². The molecule has 3 rings (SSSR count). The van der Waals surface area contributed by atoms with Crippen molar-refractivity contribution in [2.24, 2.45) is 0 Å². The second-order valence-electron chi connectivity index (χ2n) is 6.73. The number of ketones is 1. The quantitative estimate of drug-likeness (QED) is 0.141. The minimum atomic E-state index is -0.637. The summed E-state index contributed by atoms with van der Waals surface area (Å²) in [6.07, 6.45) is 1.47. The molecule has 170 valence electrons. The van der Waals surface area contributed by atoms with Gasteiger partial charge in [-0.3, -0.25) is 34.2 Å². The Morgan fingerprint density at radius 2 is 1.82 bits per heavy atom. The normalized spacial score (nSPS) is 14.5. The maximum atomic E-state index is 12.7. The van der Waals surface area contributed by atoms with Gasteiger partial charge in [-0.05, 0) is 54.6 Å². The fourth-order valence-corrected chi connectivity index (χ4v) is 3.75. The number of hydrogen-bond acceptors (Lipinski definition) is 9. The van der Waals surface area contributed by atoms with Gasteiger partial charge in [-0.1, -0.05) is 6.07 Å². The highest BCUT2D eigenvalue weighted by Gasteiger charge is 2.36. The Morgan fingerprint density at radius 3 is 2.42 bits per heavy atom. The van der Waals surface area contributed by atoms with Gasteiger partial charge in [0.15, 0.2) is 17.3 Å². The summed E-state index contributed by atoms with van der Waals surface area (Å²) in [5.41, 5.74) is 0.499. The molecular weight excluding hydrogens is 452 g/mol. The Labute approximate surface area is 192 Å². The summed E-state index contributed by atoms with van der Waals surface area (Å²) >= 11 is 0.685. The summed E-state index contributed by atoms with van der Waals surface area (Å²) in [5, 5.41) is 10.1. The highest BCUT2D eigenvalue weighted by atomic mass is 32.2. The molecule has 0 aliphatic carbocycles. The lowest BCUT2D eigenvalue weighted by Crippen LogP contribution is -2.33. The van der Waals surface area contributed by atoms with Gasteiger partial charge < -0.3 is 9.47 Å². The monoisotopic (exact) mass is 470 g/mol. The Hall–Kier alpha value is -3.99. The van der Waals surface area contributed by atoms with Crippen LogP contribution >= 0.6 is 11.8 Å². The van der Waals surface area contributed by atoms with Gasteiger partial charge in [-0.15, -0.1) is 0 Å². The molecule has 0 bridgehead atoms. The molecule has 0 saturated carbocycles. The second kappa shape index (κ2) is 10.1. The largest absolute Gasteiger partial charge is 0.490 e. The standard InChI is InChI=1S/C22H18N2O8S/c1-3-31-19-10-14(4-9-18(19)32-13(2)25)11-20-21(27)23(22(28)33-20)12-17(26)15-5-7-16(8-6-15)24(29)30/h4-11H,3,12H2,1-2H3/b20-11+. The van der Waals surface area contributed by atoms with E-state index >= 15 is 0 Å². The van der Waals surface area contributed by atoms with E-state index in [1.54, 1.807) is 19.1 Å². The van der Waals surface area contributed by atoms with Crippen LogP contribution < -0.4 is 9.47 Å². The van der Waals surface area contributed by atoms with Crippen LogP contribution in [0.25, 0.3) is 6.08 Å². The summed E-state index contributed by atoms with van der Waals surface area (Å²) in [6, 6.07) is 9.58. The van der Waals surface area contributed by atoms with E-state index in [0.29, 0.717) is 29.7 Å². The first-order valence-electron chi connectivity index (χ1n) is 9.68. The fourth-order valence-electron chi connectivity index (χ4n) is 2.91. The Kier molecular flexibility index (Phi) is 7.23. The third-order valence-corrected chi connectivity index (χ3v) is 5.30. The Morgan fingerprint density at radius 1 is 1.12 bits per heavy atom. The number of benzene rings is 2. The van der Waals surface area contributed by atoms with Gasteiger partial charge in [-0.2, -0.15) is 0 Å². The minimum absolute atomic E-state index is 0.110. The molecule has 0 radical (unpaired) electrons. The smallest absolute Gasteiger partial charge is 0.308 e. The zero-order valence-electron chi connectivity index (χ0n) is 17.6. The highest BCUT2D eigenvalue weighted by molar-refractivity contribution is 8.18.